The van der Waals surface area contributed by atoms with Crippen molar-refractivity contribution < 1.29 is 4.79 Å². The Bertz CT molecular complexity index is 462. The van der Waals surface area contributed by atoms with Crippen LogP contribution >= 0.6 is 11.3 Å². The van der Waals surface area contributed by atoms with Gasteiger partial charge in [-0.1, -0.05) is 24.3 Å². The van der Waals surface area contributed by atoms with Crippen LogP contribution in [0.3, 0.4) is 0 Å². The van der Waals surface area contributed by atoms with Crippen LogP contribution in [0.15, 0.2) is 30.5 Å². The molecule has 0 saturated carbocycles. The highest BCUT2D eigenvalue weighted by Gasteiger charge is 2.05. The van der Waals surface area contributed by atoms with Gasteiger partial charge in [-0.25, -0.2) is 4.98 Å². The number of benzene rings is 1. The number of carbonyl (C=O) groups is 1. The predicted octanol–water partition coefficient (Wildman–Crippen LogP) is 2.93. The lowest BCUT2D eigenvalue weighted by atomic mass is 10.1. The Morgan fingerprint density at radius 1 is 1.36 bits per heavy atom. The summed E-state index contributed by atoms with van der Waals surface area (Å²) in [4.78, 5) is 15.5. The maximum absolute atomic E-state index is 10.5. The van der Waals surface area contributed by atoms with Crippen molar-refractivity contribution in [3.8, 4) is 10.4 Å². The molecule has 0 bridgehead atoms. The van der Waals surface area contributed by atoms with E-state index in [4.69, 9.17) is 0 Å². The molecule has 3 heteroatoms. The molecule has 1 aromatic heterocycles. The second-order valence-corrected chi connectivity index (χ2v) is 4.06. The van der Waals surface area contributed by atoms with Gasteiger partial charge >= 0.3 is 0 Å². The monoisotopic (exact) mass is 203 g/mol. The Kier molecular flexibility index (Phi) is 2.41. The molecule has 0 unspecified atom stereocenters. The molecule has 2 aromatic rings. The minimum Gasteiger partial charge on any atom is -0.295 e. The third kappa shape index (κ3) is 1.59. The van der Waals surface area contributed by atoms with Crippen LogP contribution in [0.1, 0.15) is 15.4 Å². The Labute approximate surface area is 86.2 Å². The van der Waals surface area contributed by atoms with Gasteiger partial charge in [-0.2, -0.15) is 0 Å². The van der Waals surface area contributed by atoms with Crippen LogP contribution in [-0.4, -0.2) is 11.3 Å². The average Bonchev–Trinajstić information content (AvgIpc) is 2.67. The third-order valence-corrected chi connectivity index (χ3v) is 2.99. The van der Waals surface area contributed by atoms with Crippen LogP contribution in [0.5, 0.6) is 0 Å². The molecule has 0 aliphatic carbocycles. The molecule has 2 nitrogen and oxygen atoms in total. The van der Waals surface area contributed by atoms with E-state index in [0.717, 1.165) is 16.7 Å². The van der Waals surface area contributed by atoms with E-state index < -0.39 is 0 Å². The molecular formula is C11H9NOS. The number of aldehydes is 1. The summed E-state index contributed by atoms with van der Waals surface area (Å²) >= 11 is 1.42. The Hall–Kier alpha value is -1.48. The maximum Gasteiger partial charge on any atom is 0.178 e. The van der Waals surface area contributed by atoms with E-state index in [0.29, 0.717) is 5.01 Å². The fourth-order valence-electron chi connectivity index (χ4n) is 1.32. The summed E-state index contributed by atoms with van der Waals surface area (Å²) in [6.45, 7) is 2.05. The maximum atomic E-state index is 10.5. The second kappa shape index (κ2) is 3.72. The van der Waals surface area contributed by atoms with Crippen LogP contribution in [0.25, 0.3) is 10.4 Å². The first-order valence-corrected chi connectivity index (χ1v) is 5.10. The topological polar surface area (TPSA) is 30.0 Å². The molecule has 0 amide bonds. The molecular weight excluding hydrogens is 194 g/mol. The number of rotatable bonds is 2. The molecule has 14 heavy (non-hydrogen) atoms. The molecule has 1 aromatic carbocycles. The first-order valence-electron chi connectivity index (χ1n) is 4.28. The minimum absolute atomic E-state index is 0.531. The lowest BCUT2D eigenvalue weighted by Gasteiger charge is -1.99. The van der Waals surface area contributed by atoms with Crippen molar-refractivity contribution in [2.75, 3.05) is 0 Å². The van der Waals surface area contributed by atoms with E-state index in [1.54, 1.807) is 6.20 Å². The van der Waals surface area contributed by atoms with Crippen molar-refractivity contribution in [2.24, 2.45) is 0 Å². The van der Waals surface area contributed by atoms with Gasteiger partial charge in [0.1, 0.15) is 0 Å². The van der Waals surface area contributed by atoms with Crippen LogP contribution in [0, 0.1) is 6.92 Å². The first-order chi connectivity index (χ1) is 6.81. The number of hydrogen-bond donors (Lipinski definition) is 0. The van der Waals surface area contributed by atoms with Gasteiger partial charge in [0, 0.05) is 6.20 Å². The molecule has 0 radical (unpaired) electrons. The number of carbonyl (C=O) groups excluding carboxylic acids is 1. The quantitative estimate of drug-likeness (QED) is 0.702. The fraction of sp³-hybridized carbons (Fsp3) is 0.0909. The van der Waals surface area contributed by atoms with Gasteiger partial charge in [-0.3, -0.25) is 4.79 Å². The fourth-order valence-corrected chi connectivity index (χ4v) is 2.14. The normalized spacial score (nSPS) is 10.1. The molecule has 0 fully saturated rings. The summed E-state index contributed by atoms with van der Waals surface area (Å²) in [5.41, 5.74) is 2.35. The van der Waals surface area contributed by atoms with Crippen molar-refractivity contribution in [3.05, 3.63) is 41.0 Å². The van der Waals surface area contributed by atoms with E-state index in [1.807, 2.05) is 18.2 Å². The zero-order chi connectivity index (χ0) is 9.97. The van der Waals surface area contributed by atoms with Crippen molar-refractivity contribution in [3.63, 3.8) is 0 Å². The smallest absolute Gasteiger partial charge is 0.178 e. The van der Waals surface area contributed by atoms with Gasteiger partial charge in [0.2, 0.25) is 0 Å². The van der Waals surface area contributed by atoms with Crippen molar-refractivity contribution in [2.45, 2.75) is 6.92 Å². The molecule has 0 N–H and O–H groups in total. The van der Waals surface area contributed by atoms with E-state index in [2.05, 4.69) is 18.0 Å². The van der Waals surface area contributed by atoms with Crippen LogP contribution in [0.4, 0.5) is 0 Å². The molecule has 0 spiro atoms. The number of thiazole rings is 1. The number of aromatic nitrogens is 1. The lowest BCUT2D eigenvalue weighted by molar-refractivity contribution is 0.112. The van der Waals surface area contributed by atoms with Gasteiger partial charge in [0.05, 0.1) is 4.88 Å². The zero-order valence-corrected chi connectivity index (χ0v) is 8.54. The highest BCUT2D eigenvalue weighted by molar-refractivity contribution is 7.16. The summed E-state index contributed by atoms with van der Waals surface area (Å²) in [5.74, 6) is 0. The highest BCUT2D eigenvalue weighted by Crippen LogP contribution is 2.27. The average molecular weight is 203 g/mol. The van der Waals surface area contributed by atoms with Crippen LogP contribution in [0.2, 0.25) is 0 Å². The van der Waals surface area contributed by atoms with Gasteiger partial charge in [-0.15, -0.1) is 11.3 Å². The summed E-state index contributed by atoms with van der Waals surface area (Å²) in [5, 5.41) is 0.531. The first kappa shape index (κ1) is 9.09. The van der Waals surface area contributed by atoms with Crippen molar-refractivity contribution in [1.82, 2.24) is 4.98 Å². The van der Waals surface area contributed by atoms with Gasteiger partial charge in [0.25, 0.3) is 0 Å². The Morgan fingerprint density at radius 3 is 2.79 bits per heavy atom. The summed E-state index contributed by atoms with van der Waals surface area (Å²) < 4.78 is 0. The van der Waals surface area contributed by atoms with E-state index in [-0.39, 0.29) is 0 Å². The number of nitrogens with zero attached hydrogens (tertiary/aromatic N) is 1. The molecule has 0 atom stereocenters. The van der Waals surface area contributed by atoms with Crippen molar-refractivity contribution >= 4 is 17.6 Å². The molecule has 0 aliphatic rings. The Morgan fingerprint density at radius 2 is 2.14 bits per heavy atom. The number of aryl methyl sites for hydroxylation is 1. The van der Waals surface area contributed by atoms with Gasteiger partial charge in [0.15, 0.2) is 11.3 Å². The van der Waals surface area contributed by atoms with Crippen molar-refractivity contribution in [1.29, 1.82) is 0 Å². The second-order valence-electron chi connectivity index (χ2n) is 3.00. The predicted molar refractivity (Wildman–Crippen MR) is 57.7 cm³/mol. The molecule has 1 heterocycles. The molecule has 2 rings (SSSR count). The minimum atomic E-state index is 0.531. The highest BCUT2D eigenvalue weighted by atomic mass is 32.1. The van der Waals surface area contributed by atoms with Gasteiger partial charge in [-0.05, 0) is 18.1 Å². The lowest BCUT2D eigenvalue weighted by Crippen LogP contribution is -1.77. The molecule has 70 valence electrons. The van der Waals surface area contributed by atoms with Crippen LogP contribution < -0.4 is 0 Å². The zero-order valence-electron chi connectivity index (χ0n) is 7.73. The van der Waals surface area contributed by atoms with E-state index in [1.165, 1.54) is 16.9 Å². The van der Waals surface area contributed by atoms with E-state index >= 15 is 0 Å². The molecule has 0 saturated heterocycles. The largest absolute Gasteiger partial charge is 0.295 e. The third-order valence-electron chi connectivity index (χ3n) is 2.03. The van der Waals surface area contributed by atoms with Gasteiger partial charge < -0.3 is 0 Å². The molecule has 0 aliphatic heterocycles. The summed E-state index contributed by atoms with van der Waals surface area (Å²) in [6.07, 6.45) is 2.53. The SMILES string of the molecule is Cc1ccccc1-c1cnc(C=O)s1. The Balaban J connectivity index is 2.49. The van der Waals surface area contributed by atoms with Crippen LogP contribution in [-0.2, 0) is 0 Å². The summed E-state index contributed by atoms with van der Waals surface area (Å²) in [7, 11) is 0. The summed E-state index contributed by atoms with van der Waals surface area (Å²) in [6, 6.07) is 8.08. The number of hydrogen-bond acceptors (Lipinski definition) is 3. The van der Waals surface area contributed by atoms with E-state index in [9.17, 15) is 4.79 Å². The standard InChI is InChI=1S/C11H9NOS/c1-8-4-2-3-5-9(8)10-6-12-11(7-13)14-10/h2-7H,1H3.